The Labute approximate surface area is 87.1 Å². The van der Waals surface area contributed by atoms with Gasteiger partial charge in [0.05, 0.1) is 12.3 Å². The normalized spacial score (nSPS) is 12.5. The molecule has 0 radical (unpaired) electrons. The maximum Gasteiger partial charge on any atom is 0.367 e. The van der Waals surface area contributed by atoms with Crippen LogP contribution in [0.4, 0.5) is 0 Å². The van der Waals surface area contributed by atoms with Crippen LogP contribution in [-0.2, 0) is 11.2 Å². The summed E-state index contributed by atoms with van der Waals surface area (Å²) in [4.78, 5) is 15.4. The minimum atomic E-state index is -0.353. The van der Waals surface area contributed by atoms with Gasteiger partial charge in [-0.25, -0.2) is 9.78 Å². The standard InChI is InChI=1S/C9H14N2O2S/c1-3-13-9(12)8-11-7(5-14-8)4-6(2)10/h5-6H,3-4,10H2,1-2H3/t6-/m0/s1. The van der Waals surface area contributed by atoms with Gasteiger partial charge in [-0.2, -0.15) is 0 Å². The van der Waals surface area contributed by atoms with Gasteiger partial charge in [0.15, 0.2) is 0 Å². The second kappa shape index (κ2) is 5.07. The smallest absolute Gasteiger partial charge is 0.367 e. The van der Waals surface area contributed by atoms with E-state index in [4.69, 9.17) is 10.5 Å². The van der Waals surface area contributed by atoms with E-state index in [1.807, 2.05) is 12.3 Å². The molecule has 0 fully saturated rings. The SMILES string of the molecule is CCOC(=O)c1nc(C[C@H](C)N)cs1. The van der Waals surface area contributed by atoms with Gasteiger partial charge in [-0.3, -0.25) is 0 Å². The average molecular weight is 214 g/mol. The van der Waals surface area contributed by atoms with Crippen LogP contribution in [0, 0.1) is 0 Å². The van der Waals surface area contributed by atoms with Crippen LogP contribution in [0.2, 0.25) is 0 Å². The Bertz CT molecular complexity index is 310. The van der Waals surface area contributed by atoms with Gasteiger partial charge < -0.3 is 10.5 Å². The Morgan fingerprint density at radius 1 is 1.79 bits per heavy atom. The maximum atomic E-state index is 11.2. The zero-order valence-electron chi connectivity index (χ0n) is 8.32. The van der Waals surface area contributed by atoms with Gasteiger partial charge in [0.2, 0.25) is 5.01 Å². The molecule has 0 saturated carbocycles. The van der Waals surface area contributed by atoms with E-state index in [1.54, 1.807) is 6.92 Å². The summed E-state index contributed by atoms with van der Waals surface area (Å²) in [6, 6.07) is 0.0622. The summed E-state index contributed by atoms with van der Waals surface area (Å²) in [7, 11) is 0. The third kappa shape index (κ3) is 3.08. The molecule has 4 nitrogen and oxygen atoms in total. The van der Waals surface area contributed by atoms with Crippen LogP contribution in [0.5, 0.6) is 0 Å². The number of carbonyl (C=O) groups excluding carboxylic acids is 1. The minimum absolute atomic E-state index is 0.0622. The summed E-state index contributed by atoms with van der Waals surface area (Å²) < 4.78 is 4.82. The fourth-order valence-corrected chi connectivity index (χ4v) is 1.74. The molecule has 1 aromatic heterocycles. The van der Waals surface area contributed by atoms with Crippen molar-refractivity contribution in [3.05, 3.63) is 16.1 Å². The Hall–Kier alpha value is -0.940. The summed E-state index contributed by atoms with van der Waals surface area (Å²) in [6.07, 6.45) is 0.690. The first-order valence-corrected chi connectivity index (χ1v) is 5.38. The molecular formula is C9H14N2O2S. The van der Waals surface area contributed by atoms with Crippen molar-refractivity contribution in [1.29, 1.82) is 0 Å². The first-order chi connectivity index (χ1) is 6.63. The molecule has 0 aliphatic carbocycles. The summed E-state index contributed by atoms with van der Waals surface area (Å²) in [5.74, 6) is -0.353. The van der Waals surface area contributed by atoms with E-state index < -0.39 is 0 Å². The second-order valence-electron chi connectivity index (χ2n) is 3.05. The number of hydrogen-bond donors (Lipinski definition) is 1. The highest BCUT2D eigenvalue weighted by molar-refractivity contribution is 7.11. The minimum Gasteiger partial charge on any atom is -0.461 e. The van der Waals surface area contributed by atoms with Gasteiger partial charge in [0, 0.05) is 17.8 Å². The van der Waals surface area contributed by atoms with Gasteiger partial charge in [-0.1, -0.05) is 0 Å². The van der Waals surface area contributed by atoms with Gasteiger partial charge in [-0.05, 0) is 13.8 Å². The predicted octanol–water partition coefficient (Wildman–Crippen LogP) is 1.21. The lowest BCUT2D eigenvalue weighted by Gasteiger charge is -1.99. The van der Waals surface area contributed by atoms with Crippen molar-refractivity contribution in [2.24, 2.45) is 5.73 Å². The first kappa shape index (κ1) is 11.1. The lowest BCUT2D eigenvalue weighted by Crippen LogP contribution is -2.18. The van der Waals surface area contributed by atoms with Crippen molar-refractivity contribution < 1.29 is 9.53 Å². The summed E-state index contributed by atoms with van der Waals surface area (Å²) in [5, 5.41) is 2.25. The number of rotatable bonds is 4. The van der Waals surface area contributed by atoms with E-state index in [-0.39, 0.29) is 12.0 Å². The van der Waals surface area contributed by atoms with Gasteiger partial charge in [0.25, 0.3) is 0 Å². The Morgan fingerprint density at radius 2 is 2.50 bits per heavy atom. The maximum absolute atomic E-state index is 11.2. The van der Waals surface area contributed by atoms with E-state index >= 15 is 0 Å². The molecule has 1 atom stereocenters. The molecule has 2 N–H and O–H groups in total. The number of ether oxygens (including phenoxy) is 1. The highest BCUT2D eigenvalue weighted by Crippen LogP contribution is 2.12. The molecule has 5 heteroatoms. The summed E-state index contributed by atoms with van der Waals surface area (Å²) in [6.45, 7) is 4.05. The molecule has 0 aliphatic rings. The molecule has 0 unspecified atom stereocenters. The van der Waals surface area contributed by atoms with Crippen molar-refractivity contribution in [2.45, 2.75) is 26.3 Å². The van der Waals surface area contributed by atoms with Crippen LogP contribution in [0.1, 0.15) is 29.3 Å². The van der Waals surface area contributed by atoms with Crippen molar-refractivity contribution in [3.63, 3.8) is 0 Å². The molecule has 78 valence electrons. The van der Waals surface area contributed by atoms with Crippen LogP contribution in [0.15, 0.2) is 5.38 Å². The molecule has 0 bridgehead atoms. The monoisotopic (exact) mass is 214 g/mol. The lowest BCUT2D eigenvalue weighted by atomic mass is 10.2. The molecular weight excluding hydrogens is 200 g/mol. The molecule has 0 aliphatic heterocycles. The van der Waals surface area contributed by atoms with Crippen molar-refractivity contribution in [1.82, 2.24) is 4.98 Å². The van der Waals surface area contributed by atoms with Crippen molar-refractivity contribution >= 4 is 17.3 Å². The zero-order valence-corrected chi connectivity index (χ0v) is 9.13. The molecule has 1 rings (SSSR count). The zero-order chi connectivity index (χ0) is 10.6. The predicted molar refractivity (Wildman–Crippen MR) is 55.4 cm³/mol. The topological polar surface area (TPSA) is 65.2 Å². The molecule has 0 amide bonds. The molecule has 14 heavy (non-hydrogen) atoms. The molecule has 0 aromatic carbocycles. The number of nitrogens with two attached hydrogens (primary N) is 1. The quantitative estimate of drug-likeness (QED) is 0.765. The van der Waals surface area contributed by atoms with Crippen molar-refractivity contribution in [3.8, 4) is 0 Å². The number of esters is 1. The molecule has 0 spiro atoms. The van der Waals surface area contributed by atoms with Crippen LogP contribution >= 0.6 is 11.3 Å². The summed E-state index contributed by atoms with van der Waals surface area (Å²) >= 11 is 1.30. The van der Waals surface area contributed by atoms with Crippen LogP contribution < -0.4 is 5.73 Å². The molecule has 1 heterocycles. The highest BCUT2D eigenvalue weighted by Gasteiger charge is 2.12. The van der Waals surface area contributed by atoms with E-state index in [1.165, 1.54) is 11.3 Å². The highest BCUT2D eigenvalue weighted by atomic mass is 32.1. The average Bonchev–Trinajstić information content (AvgIpc) is 2.52. The largest absolute Gasteiger partial charge is 0.461 e. The second-order valence-corrected chi connectivity index (χ2v) is 3.90. The number of carbonyl (C=O) groups is 1. The number of thiazole rings is 1. The lowest BCUT2D eigenvalue weighted by molar-refractivity contribution is 0.0525. The number of aromatic nitrogens is 1. The number of nitrogens with zero attached hydrogens (tertiary/aromatic N) is 1. The number of hydrogen-bond acceptors (Lipinski definition) is 5. The van der Waals surface area contributed by atoms with Gasteiger partial charge >= 0.3 is 5.97 Å². The fraction of sp³-hybridized carbons (Fsp3) is 0.556. The van der Waals surface area contributed by atoms with Crippen LogP contribution in [0.25, 0.3) is 0 Å². The van der Waals surface area contributed by atoms with E-state index in [9.17, 15) is 4.79 Å². The van der Waals surface area contributed by atoms with Gasteiger partial charge in [-0.15, -0.1) is 11.3 Å². The van der Waals surface area contributed by atoms with Crippen LogP contribution in [0.3, 0.4) is 0 Å². The Kier molecular flexibility index (Phi) is 4.03. The molecule has 1 aromatic rings. The first-order valence-electron chi connectivity index (χ1n) is 4.50. The fourth-order valence-electron chi connectivity index (χ4n) is 1.02. The summed E-state index contributed by atoms with van der Waals surface area (Å²) in [5.41, 5.74) is 6.47. The van der Waals surface area contributed by atoms with E-state index in [2.05, 4.69) is 4.98 Å². The van der Waals surface area contributed by atoms with E-state index in [0.29, 0.717) is 18.0 Å². The third-order valence-electron chi connectivity index (χ3n) is 1.53. The third-order valence-corrected chi connectivity index (χ3v) is 2.40. The Morgan fingerprint density at radius 3 is 3.07 bits per heavy atom. The Balaban J connectivity index is 2.63. The van der Waals surface area contributed by atoms with Crippen LogP contribution in [-0.4, -0.2) is 23.6 Å². The van der Waals surface area contributed by atoms with E-state index in [0.717, 1.165) is 5.69 Å². The molecule has 0 saturated heterocycles. The van der Waals surface area contributed by atoms with Gasteiger partial charge in [0.1, 0.15) is 0 Å². The van der Waals surface area contributed by atoms with Crippen molar-refractivity contribution in [2.75, 3.05) is 6.61 Å².